The monoisotopic (exact) mass is 274 g/mol. The number of hydrogen-bond donors (Lipinski definition) is 1. The van der Waals surface area contributed by atoms with Gasteiger partial charge in [-0.15, -0.1) is 0 Å². The Kier molecular flexibility index (Phi) is 4.16. The van der Waals surface area contributed by atoms with Crippen molar-refractivity contribution in [3.8, 4) is 11.8 Å². The summed E-state index contributed by atoms with van der Waals surface area (Å²) in [5, 5.41) is 11.4. The lowest BCUT2D eigenvalue weighted by molar-refractivity contribution is 0.384. The second kappa shape index (κ2) is 6.02. The molecule has 5 heteroatoms. The first-order valence-electron chi connectivity index (χ1n) is 5.90. The summed E-state index contributed by atoms with van der Waals surface area (Å²) < 4.78 is 32.4. The summed E-state index contributed by atoms with van der Waals surface area (Å²) >= 11 is 0. The number of ether oxygens (including phenoxy) is 1. The summed E-state index contributed by atoms with van der Waals surface area (Å²) in [5.41, 5.74) is 0.819. The average molecular weight is 274 g/mol. The number of nitrogens with zero attached hydrogens (tertiary/aromatic N) is 1. The smallest absolute Gasteiger partial charge is 0.170 e. The molecule has 2 aromatic carbocycles. The summed E-state index contributed by atoms with van der Waals surface area (Å²) in [7, 11) is 1.38. The summed E-state index contributed by atoms with van der Waals surface area (Å²) in [4.78, 5) is 0. The third-order valence-corrected chi connectivity index (χ3v) is 2.83. The van der Waals surface area contributed by atoms with Crippen LogP contribution < -0.4 is 10.1 Å². The molecule has 3 nitrogen and oxygen atoms in total. The molecule has 0 bridgehead atoms. The van der Waals surface area contributed by atoms with E-state index in [0.29, 0.717) is 5.56 Å². The van der Waals surface area contributed by atoms with Crippen molar-refractivity contribution in [2.45, 2.75) is 6.54 Å². The van der Waals surface area contributed by atoms with Gasteiger partial charge in [-0.25, -0.2) is 8.78 Å². The highest BCUT2D eigenvalue weighted by molar-refractivity contribution is 5.49. The van der Waals surface area contributed by atoms with Crippen molar-refractivity contribution in [3.05, 3.63) is 59.2 Å². The standard InChI is InChI=1S/C15H12F2N2O/c1-20-14-4-2-3-11(15(14)17)9-19-13-6-5-10(8-18)7-12(13)16/h2-7,19H,9H2,1H3. The Morgan fingerprint density at radius 3 is 2.70 bits per heavy atom. The molecule has 0 aliphatic heterocycles. The van der Waals surface area contributed by atoms with Crippen LogP contribution in [0.3, 0.4) is 0 Å². The van der Waals surface area contributed by atoms with Crippen LogP contribution in [-0.4, -0.2) is 7.11 Å². The Morgan fingerprint density at radius 2 is 2.05 bits per heavy atom. The van der Waals surface area contributed by atoms with Gasteiger partial charge < -0.3 is 10.1 Å². The topological polar surface area (TPSA) is 45.0 Å². The molecule has 0 saturated carbocycles. The minimum atomic E-state index is -0.549. The zero-order chi connectivity index (χ0) is 14.5. The van der Waals surface area contributed by atoms with Gasteiger partial charge >= 0.3 is 0 Å². The third-order valence-electron chi connectivity index (χ3n) is 2.83. The number of hydrogen-bond acceptors (Lipinski definition) is 3. The maximum atomic E-state index is 13.9. The Morgan fingerprint density at radius 1 is 1.25 bits per heavy atom. The van der Waals surface area contributed by atoms with Crippen LogP contribution in [0.4, 0.5) is 14.5 Å². The number of halogens is 2. The van der Waals surface area contributed by atoms with Gasteiger partial charge in [0.05, 0.1) is 24.4 Å². The lowest BCUT2D eigenvalue weighted by Gasteiger charge is -2.10. The van der Waals surface area contributed by atoms with E-state index in [0.717, 1.165) is 6.07 Å². The van der Waals surface area contributed by atoms with E-state index in [4.69, 9.17) is 10.00 Å². The van der Waals surface area contributed by atoms with E-state index in [1.165, 1.54) is 25.3 Å². The number of benzene rings is 2. The minimum Gasteiger partial charge on any atom is -0.494 e. The Bertz CT molecular complexity index is 665. The maximum Gasteiger partial charge on any atom is 0.170 e. The Hall–Kier alpha value is -2.61. The Labute approximate surface area is 115 Å². The molecule has 0 spiro atoms. The second-order valence-electron chi connectivity index (χ2n) is 4.09. The highest BCUT2D eigenvalue weighted by Crippen LogP contribution is 2.22. The molecule has 2 rings (SSSR count). The third kappa shape index (κ3) is 2.86. The molecule has 0 atom stereocenters. The summed E-state index contributed by atoms with van der Waals surface area (Å²) in [5.74, 6) is -0.881. The molecule has 0 fully saturated rings. The van der Waals surface area contributed by atoms with Gasteiger partial charge in [0.25, 0.3) is 0 Å². The molecular formula is C15H12F2N2O. The van der Waals surface area contributed by atoms with Crippen LogP contribution in [0.5, 0.6) is 5.75 Å². The van der Waals surface area contributed by atoms with Crippen LogP contribution >= 0.6 is 0 Å². The normalized spacial score (nSPS) is 9.90. The van der Waals surface area contributed by atoms with Crippen molar-refractivity contribution in [3.63, 3.8) is 0 Å². The summed E-state index contributed by atoms with van der Waals surface area (Å²) in [6, 6.07) is 10.7. The van der Waals surface area contributed by atoms with Gasteiger partial charge in [0, 0.05) is 12.1 Å². The predicted octanol–water partition coefficient (Wildman–Crippen LogP) is 3.46. The molecule has 102 valence electrons. The average Bonchev–Trinajstić information content (AvgIpc) is 2.47. The molecule has 0 aliphatic carbocycles. The van der Waals surface area contributed by atoms with E-state index in [-0.39, 0.29) is 23.5 Å². The van der Waals surface area contributed by atoms with Crippen molar-refractivity contribution < 1.29 is 13.5 Å². The zero-order valence-corrected chi connectivity index (χ0v) is 10.8. The van der Waals surface area contributed by atoms with Crippen LogP contribution in [0.15, 0.2) is 36.4 Å². The number of methoxy groups -OCH3 is 1. The van der Waals surface area contributed by atoms with E-state index in [1.54, 1.807) is 12.1 Å². The Balaban J connectivity index is 2.15. The van der Waals surface area contributed by atoms with E-state index in [2.05, 4.69) is 5.32 Å². The fourth-order valence-electron chi connectivity index (χ4n) is 1.77. The summed E-state index contributed by atoms with van der Waals surface area (Å²) in [6.07, 6.45) is 0. The first-order valence-corrected chi connectivity index (χ1v) is 5.90. The van der Waals surface area contributed by atoms with Crippen molar-refractivity contribution in [2.75, 3.05) is 12.4 Å². The van der Waals surface area contributed by atoms with Crippen LogP contribution in [0.25, 0.3) is 0 Å². The first kappa shape index (κ1) is 13.8. The SMILES string of the molecule is COc1cccc(CNc2ccc(C#N)cc2F)c1F. The molecule has 0 radical (unpaired) electrons. The van der Waals surface area contributed by atoms with Gasteiger partial charge in [-0.2, -0.15) is 5.26 Å². The van der Waals surface area contributed by atoms with Gasteiger partial charge in [0.1, 0.15) is 5.82 Å². The van der Waals surface area contributed by atoms with Gasteiger partial charge in [0.2, 0.25) is 0 Å². The van der Waals surface area contributed by atoms with Crippen LogP contribution in [0, 0.1) is 23.0 Å². The molecule has 2 aromatic rings. The molecule has 0 heterocycles. The molecule has 20 heavy (non-hydrogen) atoms. The lowest BCUT2D eigenvalue weighted by atomic mass is 10.1. The van der Waals surface area contributed by atoms with Crippen LogP contribution in [0.1, 0.15) is 11.1 Å². The predicted molar refractivity (Wildman–Crippen MR) is 71.4 cm³/mol. The van der Waals surface area contributed by atoms with E-state index >= 15 is 0 Å². The maximum absolute atomic E-state index is 13.9. The quantitative estimate of drug-likeness (QED) is 0.928. The number of nitrogens with one attached hydrogen (secondary N) is 1. The molecule has 0 saturated heterocycles. The van der Waals surface area contributed by atoms with Crippen molar-refractivity contribution in [1.29, 1.82) is 5.26 Å². The number of nitriles is 1. The lowest BCUT2D eigenvalue weighted by Crippen LogP contribution is -2.04. The number of anilines is 1. The van der Waals surface area contributed by atoms with Gasteiger partial charge in [-0.3, -0.25) is 0 Å². The van der Waals surface area contributed by atoms with Crippen LogP contribution in [0.2, 0.25) is 0 Å². The largest absolute Gasteiger partial charge is 0.494 e. The van der Waals surface area contributed by atoms with Crippen LogP contribution in [-0.2, 0) is 6.54 Å². The highest BCUT2D eigenvalue weighted by Gasteiger charge is 2.09. The molecule has 0 amide bonds. The van der Waals surface area contributed by atoms with Gasteiger partial charge in [-0.05, 0) is 24.3 Å². The molecule has 0 aliphatic rings. The van der Waals surface area contributed by atoms with E-state index in [9.17, 15) is 8.78 Å². The highest BCUT2D eigenvalue weighted by atomic mass is 19.1. The van der Waals surface area contributed by atoms with Crippen molar-refractivity contribution in [1.82, 2.24) is 0 Å². The molecular weight excluding hydrogens is 262 g/mol. The zero-order valence-electron chi connectivity index (χ0n) is 10.8. The number of rotatable bonds is 4. The summed E-state index contributed by atoms with van der Waals surface area (Å²) in [6.45, 7) is 0.117. The van der Waals surface area contributed by atoms with Crippen molar-refractivity contribution >= 4 is 5.69 Å². The van der Waals surface area contributed by atoms with Gasteiger partial charge in [0.15, 0.2) is 11.6 Å². The van der Waals surface area contributed by atoms with E-state index in [1.807, 2.05) is 6.07 Å². The van der Waals surface area contributed by atoms with E-state index < -0.39 is 11.6 Å². The van der Waals surface area contributed by atoms with Crippen molar-refractivity contribution in [2.24, 2.45) is 0 Å². The fraction of sp³-hybridized carbons (Fsp3) is 0.133. The first-order chi connectivity index (χ1) is 9.65. The second-order valence-corrected chi connectivity index (χ2v) is 4.09. The molecule has 1 N–H and O–H groups in total. The molecule has 0 aromatic heterocycles. The fourth-order valence-corrected chi connectivity index (χ4v) is 1.77. The van der Waals surface area contributed by atoms with Gasteiger partial charge in [-0.1, -0.05) is 12.1 Å². The minimum absolute atomic E-state index is 0.117. The molecule has 0 unspecified atom stereocenters.